The van der Waals surface area contributed by atoms with Crippen LogP contribution < -0.4 is 10.2 Å². The van der Waals surface area contributed by atoms with Gasteiger partial charge in [0.1, 0.15) is 11.9 Å². The van der Waals surface area contributed by atoms with Crippen molar-refractivity contribution in [2.75, 3.05) is 0 Å². The number of non-ortho nitro benzene ring substituents is 1. The van der Waals surface area contributed by atoms with Gasteiger partial charge in [-0.15, -0.1) is 0 Å². The summed E-state index contributed by atoms with van der Waals surface area (Å²) in [4.78, 5) is 22.1. The molecule has 0 saturated carbocycles. The molecule has 0 spiro atoms. The minimum Gasteiger partial charge on any atom is -0.490 e. The summed E-state index contributed by atoms with van der Waals surface area (Å²) in [5.41, 5.74) is 4.35. The minimum atomic E-state index is -0.548. The predicted molar refractivity (Wildman–Crippen MR) is 88.4 cm³/mol. The molecule has 0 unspecified atom stereocenters. The Morgan fingerprint density at radius 2 is 2.21 bits per heavy atom. The number of nitro groups is 1. The predicted octanol–water partition coefficient (Wildman–Crippen LogP) is 2.68. The summed E-state index contributed by atoms with van der Waals surface area (Å²) in [6, 6.07) is 11.2. The van der Waals surface area contributed by atoms with Crippen LogP contribution in [0.3, 0.4) is 0 Å². The summed E-state index contributed by atoms with van der Waals surface area (Å²) in [6.07, 6.45) is 2.54. The average Bonchev–Trinajstić information content (AvgIpc) is 2.94. The number of fused-ring (bicyclic) bond motifs is 1. The highest BCUT2D eigenvalue weighted by molar-refractivity contribution is 5.95. The first-order valence-corrected chi connectivity index (χ1v) is 7.40. The number of hydrogen-bond donors (Lipinski definition) is 1. The Kier molecular flexibility index (Phi) is 4.24. The Balaban J connectivity index is 1.66. The molecule has 0 aliphatic carbocycles. The topological polar surface area (TPSA) is 93.8 Å². The number of hydrogen-bond acceptors (Lipinski definition) is 5. The number of nitrogens with one attached hydrogen (secondary N) is 1. The molecule has 1 heterocycles. The van der Waals surface area contributed by atoms with Crippen LogP contribution in [0, 0.1) is 10.1 Å². The molecule has 24 heavy (non-hydrogen) atoms. The van der Waals surface area contributed by atoms with Crippen molar-refractivity contribution in [3.8, 4) is 5.75 Å². The van der Waals surface area contributed by atoms with Gasteiger partial charge in [-0.25, -0.2) is 5.43 Å². The van der Waals surface area contributed by atoms with E-state index >= 15 is 0 Å². The molecule has 122 valence electrons. The van der Waals surface area contributed by atoms with Crippen LogP contribution in [0.2, 0.25) is 0 Å². The second-order valence-corrected chi connectivity index (χ2v) is 5.51. The van der Waals surface area contributed by atoms with Crippen molar-refractivity contribution in [1.82, 2.24) is 5.43 Å². The summed E-state index contributed by atoms with van der Waals surface area (Å²) >= 11 is 0. The molecule has 0 bridgehead atoms. The first-order valence-electron chi connectivity index (χ1n) is 7.40. The summed E-state index contributed by atoms with van der Waals surface area (Å²) < 4.78 is 5.62. The number of carbonyl (C=O) groups is 1. The first-order chi connectivity index (χ1) is 11.5. The normalized spacial score (nSPS) is 15.8. The number of ether oxygens (including phenoxy) is 1. The molecule has 1 amide bonds. The third-order valence-electron chi connectivity index (χ3n) is 3.62. The fourth-order valence-corrected chi connectivity index (χ4v) is 2.51. The summed E-state index contributed by atoms with van der Waals surface area (Å²) in [7, 11) is 0. The third-order valence-corrected chi connectivity index (χ3v) is 3.62. The van der Waals surface area contributed by atoms with E-state index in [-0.39, 0.29) is 17.4 Å². The maximum Gasteiger partial charge on any atom is 0.271 e. The van der Waals surface area contributed by atoms with Gasteiger partial charge in [0.2, 0.25) is 0 Å². The zero-order valence-corrected chi connectivity index (χ0v) is 12.9. The van der Waals surface area contributed by atoms with Crippen molar-refractivity contribution < 1.29 is 14.5 Å². The van der Waals surface area contributed by atoms with Crippen molar-refractivity contribution in [3.63, 3.8) is 0 Å². The molecule has 0 radical (unpaired) electrons. The number of amides is 1. The van der Waals surface area contributed by atoms with Crippen molar-refractivity contribution in [2.45, 2.75) is 19.4 Å². The Bertz CT molecular complexity index is 832. The Morgan fingerprint density at radius 3 is 3.00 bits per heavy atom. The lowest BCUT2D eigenvalue weighted by atomic mass is 10.1. The van der Waals surface area contributed by atoms with Gasteiger partial charge in [0, 0.05) is 24.1 Å². The van der Waals surface area contributed by atoms with Crippen LogP contribution in [0.15, 0.2) is 47.6 Å². The molecule has 2 aromatic carbocycles. The van der Waals surface area contributed by atoms with E-state index in [1.807, 2.05) is 25.1 Å². The molecule has 1 aliphatic rings. The van der Waals surface area contributed by atoms with Crippen molar-refractivity contribution in [1.29, 1.82) is 0 Å². The molecule has 7 nitrogen and oxygen atoms in total. The van der Waals surface area contributed by atoms with Gasteiger partial charge in [-0.2, -0.15) is 5.10 Å². The van der Waals surface area contributed by atoms with Gasteiger partial charge in [0.15, 0.2) is 0 Å². The van der Waals surface area contributed by atoms with Crippen LogP contribution in [0.5, 0.6) is 5.75 Å². The molecule has 0 saturated heterocycles. The summed E-state index contributed by atoms with van der Waals surface area (Å²) in [5.74, 6) is 0.369. The fraction of sp³-hybridized carbons (Fsp3) is 0.176. The highest BCUT2D eigenvalue weighted by Gasteiger charge is 2.18. The standard InChI is InChI=1S/C17H15N3O4/c1-11-7-14-8-12(5-6-16(14)24-11)10-18-19-17(21)13-3-2-4-15(9-13)20(22)23/h2-6,8-11H,7H2,1H3,(H,19,21)/b18-10+/t11-/m0/s1. The lowest BCUT2D eigenvalue weighted by Crippen LogP contribution is -2.17. The molecule has 0 fully saturated rings. The van der Waals surface area contributed by atoms with Crippen LogP contribution in [0.4, 0.5) is 5.69 Å². The minimum absolute atomic E-state index is 0.139. The van der Waals surface area contributed by atoms with Gasteiger partial charge >= 0.3 is 0 Å². The lowest BCUT2D eigenvalue weighted by molar-refractivity contribution is -0.384. The molecule has 0 aromatic heterocycles. The van der Waals surface area contributed by atoms with E-state index in [9.17, 15) is 14.9 Å². The maximum absolute atomic E-state index is 12.0. The van der Waals surface area contributed by atoms with Gasteiger partial charge < -0.3 is 4.74 Å². The van der Waals surface area contributed by atoms with Crippen molar-refractivity contribution in [3.05, 3.63) is 69.3 Å². The zero-order valence-electron chi connectivity index (χ0n) is 12.9. The van der Waals surface area contributed by atoms with E-state index in [1.165, 1.54) is 30.5 Å². The van der Waals surface area contributed by atoms with E-state index in [0.717, 1.165) is 23.3 Å². The Hall–Kier alpha value is -3.22. The molecule has 2 aromatic rings. The van der Waals surface area contributed by atoms with Crippen molar-refractivity contribution >= 4 is 17.8 Å². The Morgan fingerprint density at radius 1 is 1.38 bits per heavy atom. The number of benzene rings is 2. The smallest absolute Gasteiger partial charge is 0.271 e. The number of hydrazone groups is 1. The zero-order chi connectivity index (χ0) is 17.1. The van der Waals surface area contributed by atoms with Gasteiger partial charge in [-0.3, -0.25) is 14.9 Å². The van der Waals surface area contributed by atoms with Gasteiger partial charge in [-0.1, -0.05) is 6.07 Å². The van der Waals surface area contributed by atoms with Crippen LogP contribution >= 0.6 is 0 Å². The SMILES string of the molecule is C[C@H]1Cc2cc(/C=N/NC(=O)c3cccc([N+](=O)[O-])c3)ccc2O1. The molecule has 3 rings (SSSR count). The number of carbonyl (C=O) groups excluding carboxylic acids is 1. The molecule has 1 atom stereocenters. The molecule has 1 aliphatic heterocycles. The summed E-state index contributed by atoms with van der Waals surface area (Å²) in [5, 5.41) is 14.6. The lowest BCUT2D eigenvalue weighted by Gasteiger charge is -2.02. The van der Waals surface area contributed by atoms with E-state index in [4.69, 9.17) is 4.74 Å². The summed E-state index contributed by atoms with van der Waals surface area (Å²) in [6.45, 7) is 2.01. The second kappa shape index (κ2) is 6.49. The van der Waals surface area contributed by atoms with E-state index in [2.05, 4.69) is 10.5 Å². The van der Waals surface area contributed by atoms with E-state index in [0.29, 0.717) is 0 Å². The second-order valence-electron chi connectivity index (χ2n) is 5.51. The fourth-order valence-electron chi connectivity index (χ4n) is 2.51. The van der Waals surface area contributed by atoms with Crippen LogP contribution in [0.25, 0.3) is 0 Å². The maximum atomic E-state index is 12.0. The Labute approximate surface area is 138 Å². The highest BCUT2D eigenvalue weighted by Crippen LogP contribution is 2.28. The first kappa shape index (κ1) is 15.7. The van der Waals surface area contributed by atoms with Crippen LogP contribution in [-0.2, 0) is 6.42 Å². The van der Waals surface area contributed by atoms with Gasteiger partial charge in [-0.05, 0) is 42.3 Å². The van der Waals surface area contributed by atoms with E-state index < -0.39 is 10.8 Å². The van der Waals surface area contributed by atoms with E-state index in [1.54, 1.807) is 0 Å². The quantitative estimate of drug-likeness (QED) is 0.531. The van der Waals surface area contributed by atoms with Gasteiger partial charge in [0.05, 0.1) is 11.1 Å². The van der Waals surface area contributed by atoms with Crippen LogP contribution in [0.1, 0.15) is 28.4 Å². The van der Waals surface area contributed by atoms with Crippen molar-refractivity contribution in [2.24, 2.45) is 5.10 Å². The highest BCUT2D eigenvalue weighted by atomic mass is 16.6. The monoisotopic (exact) mass is 325 g/mol. The molecular weight excluding hydrogens is 310 g/mol. The third kappa shape index (κ3) is 3.40. The van der Waals surface area contributed by atoms with Crippen LogP contribution in [-0.4, -0.2) is 23.1 Å². The average molecular weight is 325 g/mol. The largest absolute Gasteiger partial charge is 0.490 e. The molecular formula is C17H15N3O4. The number of nitrogens with zero attached hydrogens (tertiary/aromatic N) is 2. The molecule has 7 heteroatoms. The number of nitro benzene ring substituents is 1. The number of rotatable bonds is 4. The molecule has 1 N–H and O–H groups in total. The van der Waals surface area contributed by atoms with Gasteiger partial charge in [0.25, 0.3) is 11.6 Å².